The van der Waals surface area contributed by atoms with E-state index in [2.05, 4.69) is 0 Å². The van der Waals surface area contributed by atoms with E-state index in [0.717, 1.165) is 0 Å². The highest BCUT2D eigenvalue weighted by Gasteiger charge is 2.11. The third-order valence-corrected chi connectivity index (χ3v) is 0.920. The molecule has 0 spiro atoms. The van der Waals surface area contributed by atoms with E-state index in [9.17, 15) is 14.4 Å². The Morgan fingerprint density at radius 3 is 2.55 bits per heavy atom. The number of carbonyl (C=O) groups is 3. The number of amides is 1. The van der Waals surface area contributed by atoms with Gasteiger partial charge in [-0.2, -0.15) is 0 Å². The molecule has 6 heteroatoms. The largest absolute Gasteiger partial charge is 0.480 e. The molecule has 0 saturated carbocycles. The van der Waals surface area contributed by atoms with E-state index >= 15 is 0 Å². The summed E-state index contributed by atoms with van der Waals surface area (Å²) < 4.78 is 0. The van der Waals surface area contributed by atoms with Crippen LogP contribution in [-0.4, -0.2) is 35.9 Å². The first-order valence-electron chi connectivity index (χ1n) is 2.79. The zero-order valence-electron chi connectivity index (χ0n) is 5.61. The molecule has 0 saturated heterocycles. The van der Waals surface area contributed by atoms with E-state index in [1.54, 1.807) is 0 Å². The molecule has 0 aromatic carbocycles. The van der Waals surface area contributed by atoms with Crippen molar-refractivity contribution in [2.75, 3.05) is 6.54 Å². The first kappa shape index (κ1) is 9.57. The van der Waals surface area contributed by atoms with Crippen LogP contribution in [0.15, 0.2) is 0 Å². The highest BCUT2D eigenvalue weighted by molar-refractivity contribution is 6.23. The van der Waals surface area contributed by atoms with Crippen LogP contribution in [0.1, 0.15) is 0 Å². The molecule has 0 aromatic heterocycles. The second-order valence-corrected chi connectivity index (χ2v) is 1.81. The molecule has 1 amide bonds. The highest BCUT2D eigenvalue weighted by atomic mass is 16.4. The lowest BCUT2D eigenvalue weighted by atomic mass is 10.3. The number of aldehydes is 1. The van der Waals surface area contributed by atoms with Crippen molar-refractivity contribution in [3.05, 3.63) is 0 Å². The van der Waals surface area contributed by atoms with Gasteiger partial charge in [0.1, 0.15) is 6.04 Å². The van der Waals surface area contributed by atoms with Crippen molar-refractivity contribution in [2.24, 2.45) is 5.73 Å². The summed E-state index contributed by atoms with van der Waals surface area (Å²) in [4.78, 5) is 29.9. The maximum Gasteiger partial charge on any atom is 0.322 e. The number of hydrogen-bond donors (Lipinski definition) is 3. The summed E-state index contributed by atoms with van der Waals surface area (Å²) in [5, 5.41) is 10.2. The minimum atomic E-state index is -1.23. The van der Waals surface area contributed by atoms with Crippen LogP contribution in [0.25, 0.3) is 0 Å². The Morgan fingerprint density at radius 1 is 1.64 bits per heavy atom. The molecule has 0 bridgehead atoms. The van der Waals surface area contributed by atoms with E-state index in [4.69, 9.17) is 10.8 Å². The van der Waals surface area contributed by atoms with Crippen molar-refractivity contribution < 1.29 is 19.5 Å². The van der Waals surface area contributed by atoms with Gasteiger partial charge in [-0.1, -0.05) is 0 Å². The fourth-order valence-corrected chi connectivity index (χ4v) is 0.340. The van der Waals surface area contributed by atoms with Gasteiger partial charge in [-0.25, -0.2) is 0 Å². The van der Waals surface area contributed by atoms with E-state index in [-0.39, 0.29) is 12.8 Å². The minimum absolute atomic E-state index is 0.0502. The fourth-order valence-electron chi connectivity index (χ4n) is 0.340. The number of carbonyl (C=O) groups excluding carboxylic acids is 2. The Labute approximate surface area is 62.4 Å². The van der Waals surface area contributed by atoms with Gasteiger partial charge < -0.3 is 16.2 Å². The smallest absolute Gasteiger partial charge is 0.322 e. The summed E-state index contributed by atoms with van der Waals surface area (Å²) in [5.74, 6) is -2.10. The molecular weight excluding hydrogens is 152 g/mol. The van der Waals surface area contributed by atoms with Crippen LogP contribution in [0.3, 0.4) is 0 Å². The molecule has 0 aliphatic carbocycles. The lowest BCUT2D eigenvalue weighted by Gasteiger charge is -2.04. The topological polar surface area (TPSA) is 109 Å². The molecule has 6 nitrogen and oxygen atoms in total. The average Bonchev–Trinajstić information content (AvgIpc) is 1.99. The molecule has 0 heterocycles. The zero-order chi connectivity index (χ0) is 8.85. The molecule has 0 rings (SSSR count). The average molecular weight is 160 g/mol. The molecule has 0 aliphatic heterocycles. The second-order valence-electron chi connectivity index (χ2n) is 1.81. The van der Waals surface area contributed by atoms with E-state index < -0.39 is 17.9 Å². The van der Waals surface area contributed by atoms with E-state index in [0.29, 0.717) is 0 Å². The molecule has 1 unspecified atom stereocenters. The molecule has 62 valence electrons. The van der Waals surface area contributed by atoms with Crippen LogP contribution in [0, 0.1) is 0 Å². The van der Waals surface area contributed by atoms with Crippen molar-refractivity contribution in [2.45, 2.75) is 6.04 Å². The normalized spacial score (nSPS) is 11.7. The van der Waals surface area contributed by atoms with Gasteiger partial charge in [0.2, 0.25) is 6.29 Å². The van der Waals surface area contributed by atoms with E-state index in [1.807, 2.05) is 5.32 Å². The number of hydrogen-bond acceptors (Lipinski definition) is 4. The van der Waals surface area contributed by atoms with E-state index in [1.165, 1.54) is 0 Å². The number of aliphatic carboxylic acids is 1. The van der Waals surface area contributed by atoms with Gasteiger partial charge in [0.15, 0.2) is 0 Å². The summed E-state index contributed by atoms with van der Waals surface area (Å²) in [6, 6.07) is -1.17. The molecule has 0 aromatic rings. The Morgan fingerprint density at radius 2 is 2.18 bits per heavy atom. The summed E-state index contributed by atoms with van der Waals surface area (Å²) >= 11 is 0. The third-order valence-electron chi connectivity index (χ3n) is 0.920. The van der Waals surface area contributed by atoms with Crippen molar-refractivity contribution in [1.29, 1.82) is 0 Å². The van der Waals surface area contributed by atoms with Crippen molar-refractivity contribution in [3.63, 3.8) is 0 Å². The SMILES string of the molecule is NC(CNC(=O)C=O)C(=O)O. The number of nitrogens with two attached hydrogens (primary N) is 1. The number of nitrogens with one attached hydrogen (secondary N) is 1. The first-order valence-corrected chi connectivity index (χ1v) is 2.79. The van der Waals surface area contributed by atoms with Gasteiger partial charge in [0, 0.05) is 6.54 Å². The summed E-state index contributed by atoms with van der Waals surface area (Å²) in [5.41, 5.74) is 4.99. The highest BCUT2D eigenvalue weighted by Crippen LogP contribution is 1.73. The van der Waals surface area contributed by atoms with Crippen LogP contribution in [0.4, 0.5) is 0 Å². The lowest BCUT2D eigenvalue weighted by Crippen LogP contribution is -2.42. The predicted octanol–water partition coefficient (Wildman–Crippen LogP) is -2.29. The van der Waals surface area contributed by atoms with Gasteiger partial charge in [-0.05, 0) is 0 Å². The summed E-state index contributed by atoms with van der Waals surface area (Å²) in [7, 11) is 0. The summed E-state index contributed by atoms with van der Waals surface area (Å²) in [6.07, 6.45) is 0.0502. The number of carboxylic acids is 1. The molecule has 4 N–H and O–H groups in total. The molecule has 0 radical (unpaired) electrons. The summed E-state index contributed by atoms with van der Waals surface area (Å²) in [6.45, 7) is -0.243. The monoisotopic (exact) mass is 160 g/mol. The first-order chi connectivity index (χ1) is 5.07. The molecular formula is C5H8N2O4. The maximum absolute atomic E-state index is 10.2. The Kier molecular flexibility index (Phi) is 3.82. The quantitative estimate of drug-likeness (QED) is 0.317. The van der Waals surface area contributed by atoms with Crippen LogP contribution >= 0.6 is 0 Å². The van der Waals surface area contributed by atoms with Crippen molar-refractivity contribution >= 4 is 18.2 Å². The maximum atomic E-state index is 10.2. The standard InChI is InChI=1S/C5H8N2O4/c6-3(5(10)11)1-7-4(9)2-8/h2-3H,1,6H2,(H,7,9)(H,10,11). The van der Waals surface area contributed by atoms with Crippen LogP contribution in [0.5, 0.6) is 0 Å². The minimum Gasteiger partial charge on any atom is -0.480 e. The fraction of sp³-hybridized carbons (Fsp3) is 0.400. The van der Waals surface area contributed by atoms with Crippen molar-refractivity contribution in [3.8, 4) is 0 Å². The van der Waals surface area contributed by atoms with Crippen LogP contribution < -0.4 is 11.1 Å². The van der Waals surface area contributed by atoms with Gasteiger partial charge in [0.25, 0.3) is 5.91 Å². The van der Waals surface area contributed by atoms with Gasteiger partial charge in [-0.15, -0.1) is 0 Å². The molecule has 0 fully saturated rings. The lowest BCUT2D eigenvalue weighted by molar-refractivity contribution is -0.138. The van der Waals surface area contributed by atoms with Crippen molar-refractivity contribution in [1.82, 2.24) is 5.32 Å². The van der Waals surface area contributed by atoms with Gasteiger partial charge >= 0.3 is 5.97 Å². The van der Waals surface area contributed by atoms with Gasteiger partial charge in [0.05, 0.1) is 0 Å². The van der Waals surface area contributed by atoms with Crippen LogP contribution in [0.2, 0.25) is 0 Å². The second kappa shape index (κ2) is 4.40. The number of carboxylic acid groups (broad SMARTS) is 1. The third kappa shape index (κ3) is 4.04. The molecule has 11 heavy (non-hydrogen) atoms. The molecule has 0 aliphatic rings. The van der Waals surface area contributed by atoms with Gasteiger partial charge in [-0.3, -0.25) is 14.4 Å². The predicted molar refractivity (Wildman–Crippen MR) is 34.7 cm³/mol. The Balaban J connectivity index is 3.62. The molecule has 1 atom stereocenters. The Bertz CT molecular complexity index is 179. The number of rotatable bonds is 4. The Hall–Kier alpha value is -1.43. The van der Waals surface area contributed by atoms with Crippen LogP contribution in [-0.2, 0) is 14.4 Å². The zero-order valence-corrected chi connectivity index (χ0v) is 5.61.